The molecule has 25 heavy (non-hydrogen) atoms. The summed E-state index contributed by atoms with van der Waals surface area (Å²) in [6, 6.07) is 14.5. The van der Waals surface area contributed by atoms with Gasteiger partial charge >= 0.3 is 0 Å². The van der Waals surface area contributed by atoms with Gasteiger partial charge in [0, 0.05) is 12.2 Å². The summed E-state index contributed by atoms with van der Waals surface area (Å²) in [5, 5.41) is 9.74. The number of ether oxygens (including phenoxy) is 1. The van der Waals surface area contributed by atoms with Crippen molar-refractivity contribution in [1.82, 2.24) is 0 Å². The van der Waals surface area contributed by atoms with Gasteiger partial charge in [0.15, 0.2) is 0 Å². The zero-order valence-corrected chi connectivity index (χ0v) is 15.3. The zero-order chi connectivity index (χ0) is 18.2. The van der Waals surface area contributed by atoms with E-state index < -0.39 is 0 Å². The van der Waals surface area contributed by atoms with Crippen LogP contribution in [0.4, 0.5) is 5.69 Å². The average Bonchev–Trinajstić information content (AvgIpc) is 2.60. The van der Waals surface area contributed by atoms with Crippen LogP contribution in [0.3, 0.4) is 0 Å². The van der Waals surface area contributed by atoms with Crippen LogP contribution in [0.25, 0.3) is 0 Å². The Hall–Kier alpha value is -2.22. The van der Waals surface area contributed by atoms with Crippen LogP contribution < -0.4 is 9.64 Å². The van der Waals surface area contributed by atoms with Gasteiger partial charge in [-0.15, -0.1) is 0 Å². The highest BCUT2D eigenvalue weighted by Crippen LogP contribution is 2.24. The van der Waals surface area contributed by atoms with E-state index >= 15 is 0 Å². The highest BCUT2D eigenvalue weighted by Gasteiger charge is 2.16. The summed E-state index contributed by atoms with van der Waals surface area (Å²) >= 11 is 11.9. The van der Waals surface area contributed by atoms with Crippen LogP contribution >= 0.6 is 23.2 Å². The molecular formula is C19H18Cl2N2O2. The minimum atomic E-state index is -0.113. The molecule has 0 saturated heterocycles. The van der Waals surface area contributed by atoms with Gasteiger partial charge in [0.05, 0.1) is 35.6 Å². The Balaban J connectivity index is 2.18. The molecule has 0 aliphatic rings. The van der Waals surface area contributed by atoms with Gasteiger partial charge in [-0.05, 0) is 48.9 Å². The maximum Gasteiger partial charge on any atom is 0.231 e. The van der Waals surface area contributed by atoms with Crippen molar-refractivity contribution in [3.05, 3.63) is 58.1 Å². The van der Waals surface area contributed by atoms with Crippen LogP contribution in [0.15, 0.2) is 42.5 Å². The lowest BCUT2D eigenvalue weighted by atomic mass is 10.1. The fourth-order valence-corrected chi connectivity index (χ4v) is 2.69. The summed E-state index contributed by atoms with van der Waals surface area (Å²) in [6.45, 7) is 2.81. The fraction of sp³-hybridized carbons (Fsp3) is 0.263. The number of anilines is 1. The number of amides is 1. The van der Waals surface area contributed by atoms with Crippen molar-refractivity contribution in [2.75, 3.05) is 18.1 Å². The van der Waals surface area contributed by atoms with Crippen molar-refractivity contribution < 1.29 is 9.53 Å². The van der Waals surface area contributed by atoms with Gasteiger partial charge in [-0.25, -0.2) is 0 Å². The lowest BCUT2D eigenvalue weighted by molar-refractivity contribution is -0.118. The lowest BCUT2D eigenvalue weighted by Crippen LogP contribution is -2.33. The molecule has 2 rings (SSSR count). The molecule has 0 spiro atoms. The third kappa shape index (κ3) is 5.38. The molecule has 130 valence electrons. The number of carbonyl (C=O) groups excluding carboxylic acids is 1. The van der Waals surface area contributed by atoms with E-state index in [2.05, 4.69) is 6.07 Å². The Bertz CT molecular complexity index is 770. The van der Waals surface area contributed by atoms with E-state index in [1.54, 1.807) is 23.1 Å². The SMILES string of the molecule is CCOc1ccc(N(CCC#N)C(=O)Cc2ccc(Cl)c(Cl)c2)cc1. The van der Waals surface area contributed by atoms with Gasteiger partial charge in [0.2, 0.25) is 5.91 Å². The zero-order valence-electron chi connectivity index (χ0n) is 13.8. The highest BCUT2D eigenvalue weighted by molar-refractivity contribution is 6.42. The number of hydrogen-bond acceptors (Lipinski definition) is 3. The van der Waals surface area contributed by atoms with E-state index in [-0.39, 0.29) is 18.7 Å². The number of rotatable bonds is 7. The molecular weight excluding hydrogens is 359 g/mol. The number of carbonyl (C=O) groups is 1. The summed E-state index contributed by atoms with van der Waals surface area (Å²) in [7, 11) is 0. The van der Waals surface area contributed by atoms with Crippen molar-refractivity contribution in [3.8, 4) is 11.8 Å². The molecule has 0 unspecified atom stereocenters. The predicted octanol–water partition coefficient (Wildman–Crippen LogP) is 4.88. The molecule has 1 amide bonds. The second-order valence-electron chi connectivity index (χ2n) is 5.31. The molecule has 0 aliphatic carbocycles. The molecule has 6 heteroatoms. The third-order valence-corrected chi connectivity index (χ3v) is 4.29. The molecule has 2 aromatic carbocycles. The van der Waals surface area contributed by atoms with Crippen molar-refractivity contribution in [3.63, 3.8) is 0 Å². The summed E-state index contributed by atoms with van der Waals surface area (Å²) < 4.78 is 5.42. The van der Waals surface area contributed by atoms with Gasteiger partial charge in [0.1, 0.15) is 5.75 Å². The van der Waals surface area contributed by atoms with Gasteiger partial charge in [-0.2, -0.15) is 5.26 Å². The molecule has 0 fully saturated rings. The maximum absolute atomic E-state index is 12.7. The topological polar surface area (TPSA) is 53.3 Å². The molecule has 0 saturated carbocycles. The van der Waals surface area contributed by atoms with Crippen LogP contribution in [0.5, 0.6) is 5.75 Å². The monoisotopic (exact) mass is 376 g/mol. The molecule has 0 N–H and O–H groups in total. The third-order valence-electron chi connectivity index (χ3n) is 3.55. The number of halogens is 2. The first-order valence-corrected chi connectivity index (χ1v) is 8.65. The Kier molecular flexibility index (Phi) is 7.12. The first-order valence-electron chi connectivity index (χ1n) is 7.89. The molecule has 0 heterocycles. The number of nitrogens with zero attached hydrogens (tertiary/aromatic N) is 2. The van der Waals surface area contributed by atoms with Crippen LogP contribution in [0.1, 0.15) is 18.9 Å². The average molecular weight is 377 g/mol. The van der Waals surface area contributed by atoms with E-state index in [9.17, 15) is 4.79 Å². The number of nitriles is 1. The first-order chi connectivity index (χ1) is 12.0. The predicted molar refractivity (Wildman–Crippen MR) is 100 cm³/mol. The van der Waals surface area contributed by atoms with E-state index in [0.29, 0.717) is 23.2 Å². The van der Waals surface area contributed by atoms with Crippen molar-refractivity contribution in [1.29, 1.82) is 5.26 Å². The highest BCUT2D eigenvalue weighted by atomic mass is 35.5. The molecule has 0 aliphatic heterocycles. The molecule has 4 nitrogen and oxygen atoms in total. The summed E-state index contributed by atoms with van der Waals surface area (Å²) in [5.41, 5.74) is 1.50. The van der Waals surface area contributed by atoms with Gasteiger partial charge in [-0.3, -0.25) is 4.79 Å². The lowest BCUT2D eigenvalue weighted by Gasteiger charge is -2.22. The normalized spacial score (nSPS) is 10.2. The summed E-state index contributed by atoms with van der Waals surface area (Å²) in [5.74, 6) is 0.626. The van der Waals surface area contributed by atoms with Crippen molar-refractivity contribution >= 4 is 34.8 Å². The van der Waals surface area contributed by atoms with Crippen LogP contribution in [-0.2, 0) is 11.2 Å². The van der Waals surface area contributed by atoms with Gasteiger partial charge in [0.25, 0.3) is 0 Å². The molecule has 0 aromatic heterocycles. The first kappa shape index (κ1) is 19.1. The van der Waals surface area contributed by atoms with E-state index in [0.717, 1.165) is 17.0 Å². The van der Waals surface area contributed by atoms with Crippen LogP contribution in [0.2, 0.25) is 10.0 Å². The quantitative estimate of drug-likeness (QED) is 0.691. The number of hydrogen-bond donors (Lipinski definition) is 0. The fourth-order valence-electron chi connectivity index (χ4n) is 2.37. The van der Waals surface area contributed by atoms with E-state index in [4.69, 9.17) is 33.2 Å². The second-order valence-corrected chi connectivity index (χ2v) is 6.12. The minimum absolute atomic E-state index is 0.113. The standard InChI is InChI=1S/C19H18Cl2N2O2/c1-2-25-16-7-5-15(6-8-16)23(11-3-10-22)19(24)13-14-4-9-17(20)18(21)12-14/h4-9,12H,2-3,11,13H2,1H3. The van der Waals surface area contributed by atoms with Crippen LogP contribution in [-0.4, -0.2) is 19.1 Å². The molecule has 0 atom stereocenters. The van der Waals surface area contributed by atoms with Crippen molar-refractivity contribution in [2.24, 2.45) is 0 Å². The van der Waals surface area contributed by atoms with Crippen LogP contribution in [0, 0.1) is 11.3 Å². The summed E-state index contributed by atoms with van der Waals surface area (Å²) in [4.78, 5) is 14.3. The molecule has 0 radical (unpaired) electrons. The van der Waals surface area contributed by atoms with E-state index in [1.807, 2.05) is 31.2 Å². The van der Waals surface area contributed by atoms with Gasteiger partial charge < -0.3 is 9.64 Å². The Morgan fingerprint density at radius 3 is 2.48 bits per heavy atom. The summed E-state index contributed by atoms with van der Waals surface area (Å²) in [6.07, 6.45) is 0.426. The Morgan fingerprint density at radius 1 is 1.16 bits per heavy atom. The van der Waals surface area contributed by atoms with Crippen molar-refractivity contribution in [2.45, 2.75) is 19.8 Å². The Morgan fingerprint density at radius 2 is 1.88 bits per heavy atom. The second kappa shape index (κ2) is 9.31. The smallest absolute Gasteiger partial charge is 0.231 e. The van der Waals surface area contributed by atoms with Gasteiger partial charge in [-0.1, -0.05) is 29.3 Å². The maximum atomic E-state index is 12.7. The minimum Gasteiger partial charge on any atom is -0.494 e. The number of benzene rings is 2. The van der Waals surface area contributed by atoms with E-state index in [1.165, 1.54) is 0 Å². The molecule has 2 aromatic rings. The largest absolute Gasteiger partial charge is 0.494 e. The Labute approximate surface area is 157 Å². The molecule has 0 bridgehead atoms.